The first-order valence-electron chi connectivity index (χ1n) is 11.0. The van der Waals surface area contributed by atoms with Gasteiger partial charge in [0, 0.05) is 17.9 Å². The van der Waals surface area contributed by atoms with Gasteiger partial charge < -0.3 is 14.6 Å². The molecule has 1 aliphatic carbocycles. The van der Waals surface area contributed by atoms with Crippen molar-refractivity contribution < 1.29 is 29.0 Å². The second-order valence-corrected chi connectivity index (χ2v) is 9.35. The van der Waals surface area contributed by atoms with Crippen molar-refractivity contribution >= 4 is 29.6 Å². The molecule has 1 aliphatic rings. The van der Waals surface area contributed by atoms with Gasteiger partial charge in [0.15, 0.2) is 12.9 Å². The number of hydrogen-bond donors (Lipinski definition) is 1. The summed E-state index contributed by atoms with van der Waals surface area (Å²) in [7, 11) is 1.24. The molecule has 6 nitrogen and oxygen atoms in total. The van der Waals surface area contributed by atoms with E-state index in [9.17, 15) is 19.5 Å². The fraction of sp³-hybridized carbons (Fsp3) is 0.500. The predicted molar refractivity (Wildman–Crippen MR) is 128 cm³/mol. The highest BCUT2D eigenvalue weighted by atomic mass is 35.5. The number of carbonyl (C=O) groups is 3. The molecule has 1 saturated carbocycles. The third-order valence-electron chi connectivity index (χ3n) is 7.06. The smallest absolute Gasteiger partial charge is 0.343 e. The first-order valence-corrected chi connectivity index (χ1v) is 11.4. The molecule has 180 valence electrons. The SMILES string of the molecule is COC(=O)COc1c(Cl)c(C)c(C=O)c(O)c1C/C=C(C)/C=C/[C@]1(C)[C@H](C)C(=O)CC[C@@H]1C. The van der Waals surface area contributed by atoms with Gasteiger partial charge in [-0.2, -0.15) is 0 Å². The van der Waals surface area contributed by atoms with Crippen LogP contribution in [0.5, 0.6) is 11.5 Å². The second kappa shape index (κ2) is 11.0. The first-order chi connectivity index (χ1) is 15.5. The van der Waals surface area contributed by atoms with Crippen LogP contribution in [0.4, 0.5) is 0 Å². The van der Waals surface area contributed by atoms with E-state index in [1.165, 1.54) is 7.11 Å². The summed E-state index contributed by atoms with van der Waals surface area (Å²) in [5.74, 6) is -0.0762. The standard InChI is InChI=1S/C26H33ClO6/c1-15(11-12-26(5)16(2)8-10-21(29)18(26)4)7-9-19-24(31)20(13-28)17(3)23(27)25(19)33-14-22(30)32-6/h7,11-13,16,18,31H,8-10,14H2,1-6H3/b12-11+,15-7+/t16-,18+,26-/m0/s1. The number of phenols is 1. The number of ketones is 1. The summed E-state index contributed by atoms with van der Waals surface area (Å²) >= 11 is 6.41. The molecule has 1 N–H and O–H groups in total. The highest BCUT2D eigenvalue weighted by Gasteiger charge is 2.41. The number of carbonyl (C=O) groups excluding carboxylic acids is 3. The number of aldehydes is 1. The van der Waals surface area contributed by atoms with Gasteiger partial charge in [-0.05, 0) is 43.6 Å². The molecule has 0 radical (unpaired) electrons. The minimum atomic E-state index is -0.596. The highest BCUT2D eigenvalue weighted by molar-refractivity contribution is 6.33. The van der Waals surface area contributed by atoms with Gasteiger partial charge in [0.1, 0.15) is 17.3 Å². The Kier molecular flexibility index (Phi) is 8.89. The topological polar surface area (TPSA) is 89.9 Å². The summed E-state index contributed by atoms with van der Waals surface area (Å²) < 4.78 is 10.2. The van der Waals surface area contributed by atoms with Crippen LogP contribution in [0.1, 0.15) is 62.0 Å². The molecule has 0 heterocycles. The number of phenolic OH excluding ortho intramolecular Hbond substituents is 1. The summed E-state index contributed by atoms with van der Waals surface area (Å²) in [6, 6.07) is 0. The Balaban J connectivity index is 2.37. The van der Waals surface area contributed by atoms with Crippen LogP contribution in [0.25, 0.3) is 0 Å². The van der Waals surface area contributed by atoms with E-state index in [0.29, 0.717) is 29.8 Å². The lowest BCUT2D eigenvalue weighted by Gasteiger charge is -2.42. The van der Waals surface area contributed by atoms with Crippen molar-refractivity contribution in [1.29, 1.82) is 0 Å². The quantitative estimate of drug-likeness (QED) is 0.306. The summed E-state index contributed by atoms with van der Waals surface area (Å²) in [4.78, 5) is 35.4. The van der Waals surface area contributed by atoms with E-state index in [1.54, 1.807) is 6.92 Å². The lowest BCUT2D eigenvalue weighted by Crippen LogP contribution is -2.40. The Morgan fingerprint density at radius 3 is 2.61 bits per heavy atom. The van der Waals surface area contributed by atoms with Crippen molar-refractivity contribution in [1.82, 2.24) is 0 Å². The molecule has 0 saturated heterocycles. The van der Waals surface area contributed by atoms with Crippen molar-refractivity contribution in [2.45, 2.75) is 53.9 Å². The van der Waals surface area contributed by atoms with Crippen molar-refractivity contribution in [3.8, 4) is 11.5 Å². The maximum absolute atomic E-state index is 12.3. The third-order valence-corrected chi connectivity index (χ3v) is 7.52. The highest BCUT2D eigenvalue weighted by Crippen LogP contribution is 2.45. The Labute approximate surface area is 200 Å². The zero-order valence-electron chi connectivity index (χ0n) is 20.2. The average Bonchev–Trinajstić information content (AvgIpc) is 2.79. The Bertz CT molecular complexity index is 993. The van der Waals surface area contributed by atoms with Crippen molar-refractivity contribution in [2.75, 3.05) is 13.7 Å². The summed E-state index contributed by atoms with van der Waals surface area (Å²) in [5, 5.41) is 10.9. The summed E-state index contributed by atoms with van der Waals surface area (Å²) in [6.45, 7) is 9.41. The predicted octanol–water partition coefficient (Wildman–Crippen LogP) is 5.40. The number of halogens is 1. The van der Waals surface area contributed by atoms with E-state index >= 15 is 0 Å². The number of Topliss-reactive ketones (excluding diaryl/α,β-unsaturated/α-hetero) is 1. The average molecular weight is 477 g/mol. The molecule has 33 heavy (non-hydrogen) atoms. The number of rotatable bonds is 8. The van der Waals surface area contributed by atoms with E-state index in [1.807, 2.05) is 26.0 Å². The Morgan fingerprint density at radius 1 is 1.33 bits per heavy atom. The maximum atomic E-state index is 12.3. The lowest BCUT2D eigenvalue weighted by molar-refractivity contribution is -0.143. The second-order valence-electron chi connectivity index (χ2n) is 8.97. The number of benzene rings is 1. The summed E-state index contributed by atoms with van der Waals surface area (Å²) in [5.41, 5.74) is 1.43. The fourth-order valence-corrected chi connectivity index (χ4v) is 4.42. The van der Waals surface area contributed by atoms with Crippen molar-refractivity contribution in [2.24, 2.45) is 17.3 Å². The Hall–Kier alpha value is -2.60. The number of methoxy groups -OCH3 is 1. The first kappa shape index (κ1) is 26.7. The minimum Gasteiger partial charge on any atom is -0.507 e. The van der Waals surface area contributed by atoms with Gasteiger partial charge in [-0.15, -0.1) is 0 Å². The maximum Gasteiger partial charge on any atom is 0.343 e. The van der Waals surface area contributed by atoms with Crippen LogP contribution in [0, 0.1) is 24.2 Å². The number of aromatic hydroxyl groups is 1. The molecule has 0 amide bonds. The van der Waals surface area contributed by atoms with Gasteiger partial charge in [-0.25, -0.2) is 4.79 Å². The molecule has 0 aliphatic heterocycles. The molecular formula is C26H33ClO6. The van der Waals surface area contributed by atoms with Gasteiger partial charge >= 0.3 is 5.97 Å². The van der Waals surface area contributed by atoms with Crippen LogP contribution >= 0.6 is 11.6 Å². The normalized spacial score (nSPS) is 23.6. The molecule has 0 spiro atoms. The van der Waals surface area contributed by atoms with Gasteiger partial charge in [0.05, 0.1) is 17.7 Å². The van der Waals surface area contributed by atoms with E-state index in [4.69, 9.17) is 16.3 Å². The molecule has 0 unspecified atom stereocenters. The molecule has 1 aromatic carbocycles. The molecule has 2 rings (SSSR count). The Morgan fingerprint density at radius 2 is 2.00 bits per heavy atom. The molecule has 3 atom stereocenters. The van der Waals surface area contributed by atoms with Crippen LogP contribution in [0.15, 0.2) is 23.8 Å². The summed E-state index contributed by atoms with van der Waals surface area (Å²) in [6.07, 6.45) is 8.22. The van der Waals surface area contributed by atoms with Crippen molar-refractivity contribution in [3.05, 3.63) is 45.5 Å². The van der Waals surface area contributed by atoms with E-state index < -0.39 is 5.97 Å². The zero-order chi connectivity index (χ0) is 24.9. The van der Waals surface area contributed by atoms with Crippen molar-refractivity contribution in [3.63, 3.8) is 0 Å². The zero-order valence-corrected chi connectivity index (χ0v) is 20.9. The molecule has 7 heteroatoms. The number of ether oxygens (including phenoxy) is 2. The lowest BCUT2D eigenvalue weighted by atomic mass is 9.61. The molecule has 0 bridgehead atoms. The number of esters is 1. The number of allylic oxidation sites excluding steroid dienone is 4. The van der Waals surface area contributed by atoms with Gasteiger partial charge in [0.25, 0.3) is 0 Å². The fourth-order valence-electron chi connectivity index (χ4n) is 4.15. The van der Waals surface area contributed by atoms with E-state index in [2.05, 4.69) is 24.7 Å². The van der Waals surface area contributed by atoms with Crippen LogP contribution in [-0.2, 0) is 20.7 Å². The monoisotopic (exact) mass is 476 g/mol. The van der Waals surface area contributed by atoms with Gasteiger partial charge in [-0.1, -0.05) is 56.2 Å². The van der Waals surface area contributed by atoms with Crippen LogP contribution in [0.2, 0.25) is 5.02 Å². The third kappa shape index (κ3) is 5.67. The van der Waals surface area contributed by atoms with Crippen LogP contribution in [-0.4, -0.2) is 36.9 Å². The van der Waals surface area contributed by atoms with Crippen LogP contribution in [0.3, 0.4) is 0 Å². The van der Waals surface area contributed by atoms with Gasteiger partial charge in [-0.3, -0.25) is 9.59 Å². The van der Waals surface area contributed by atoms with Crippen LogP contribution < -0.4 is 4.74 Å². The minimum absolute atomic E-state index is 0.0567. The van der Waals surface area contributed by atoms with Gasteiger partial charge in [0.2, 0.25) is 0 Å². The molecule has 1 aromatic rings. The molecule has 1 fully saturated rings. The molecule has 0 aromatic heterocycles. The van der Waals surface area contributed by atoms with E-state index in [0.717, 1.165) is 12.0 Å². The largest absolute Gasteiger partial charge is 0.507 e. The van der Waals surface area contributed by atoms with E-state index in [-0.39, 0.29) is 52.2 Å². The number of hydrogen-bond acceptors (Lipinski definition) is 6. The molecular weight excluding hydrogens is 444 g/mol.